The number of rotatable bonds is 5. The summed E-state index contributed by atoms with van der Waals surface area (Å²) in [5.74, 6) is -0.426. The molecular weight excluding hydrogens is 390 g/mol. The summed E-state index contributed by atoms with van der Waals surface area (Å²) < 4.78 is 0. The van der Waals surface area contributed by atoms with Gasteiger partial charge in [0.1, 0.15) is 0 Å². The van der Waals surface area contributed by atoms with Crippen LogP contribution in [0.15, 0.2) is 72.8 Å². The summed E-state index contributed by atoms with van der Waals surface area (Å²) in [5, 5.41) is 5.75. The molecule has 0 radical (unpaired) electrons. The van der Waals surface area contributed by atoms with Gasteiger partial charge in [0, 0.05) is 41.2 Å². The molecule has 1 saturated heterocycles. The van der Waals surface area contributed by atoms with Gasteiger partial charge in [-0.2, -0.15) is 0 Å². The van der Waals surface area contributed by atoms with Gasteiger partial charge in [0.15, 0.2) is 0 Å². The van der Waals surface area contributed by atoms with Crippen molar-refractivity contribution in [3.05, 3.63) is 89.5 Å². The Morgan fingerprint density at radius 1 is 0.839 bits per heavy atom. The zero-order valence-electron chi connectivity index (χ0n) is 17.2. The number of benzene rings is 3. The highest BCUT2D eigenvalue weighted by Gasteiger charge is 2.22. The first-order valence-electron chi connectivity index (χ1n) is 10.2. The molecule has 0 atom stereocenters. The minimum Gasteiger partial charge on any atom is -0.322 e. The predicted molar refractivity (Wildman–Crippen MR) is 122 cm³/mol. The molecule has 0 spiro atoms. The molecule has 6 nitrogen and oxygen atoms in total. The van der Waals surface area contributed by atoms with Crippen LogP contribution in [-0.2, 0) is 4.79 Å². The molecule has 0 bridgehead atoms. The third-order valence-electron chi connectivity index (χ3n) is 5.27. The van der Waals surface area contributed by atoms with Crippen molar-refractivity contribution in [2.75, 3.05) is 22.1 Å². The van der Waals surface area contributed by atoms with Crippen molar-refractivity contribution in [2.24, 2.45) is 0 Å². The Morgan fingerprint density at radius 3 is 2.35 bits per heavy atom. The van der Waals surface area contributed by atoms with E-state index in [1.54, 1.807) is 59.5 Å². The van der Waals surface area contributed by atoms with Crippen LogP contribution in [0.2, 0.25) is 0 Å². The maximum atomic E-state index is 12.8. The monoisotopic (exact) mass is 413 g/mol. The van der Waals surface area contributed by atoms with Gasteiger partial charge in [-0.25, -0.2) is 0 Å². The zero-order valence-corrected chi connectivity index (χ0v) is 17.2. The summed E-state index contributed by atoms with van der Waals surface area (Å²) in [4.78, 5) is 39.0. The largest absolute Gasteiger partial charge is 0.322 e. The number of nitrogens with one attached hydrogen (secondary N) is 2. The van der Waals surface area contributed by atoms with E-state index in [4.69, 9.17) is 0 Å². The third kappa shape index (κ3) is 4.64. The lowest BCUT2D eigenvalue weighted by atomic mass is 10.1. The van der Waals surface area contributed by atoms with Crippen LogP contribution >= 0.6 is 0 Å². The summed E-state index contributed by atoms with van der Waals surface area (Å²) >= 11 is 0. The number of hydrogen-bond donors (Lipinski definition) is 2. The summed E-state index contributed by atoms with van der Waals surface area (Å²) in [6.07, 6.45) is 1.40. The first-order valence-corrected chi connectivity index (χ1v) is 10.2. The van der Waals surface area contributed by atoms with E-state index in [9.17, 15) is 14.4 Å². The summed E-state index contributed by atoms with van der Waals surface area (Å²) in [5.41, 5.74) is 3.80. The van der Waals surface area contributed by atoms with E-state index in [1.807, 2.05) is 25.1 Å². The average molecular weight is 413 g/mol. The second kappa shape index (κ2) is 8.83. The van der Waals surface area contributed by atoms with Crippen molar-refractivity contribution in [2.45, 2.75) is 19.8 Å². The van der Waals surface area contributed by atoms with Gasteiger partial charge >= 0.3 is 0 Å². The molecule has 0 saturated carbocycles. The zero-order chi connectivity index (χ0) is 21.8. The lowest BCUT2D eigenvalue weighted by Gasteiger charge is -2.17. The first kappa shape index (κ1) is 20.3. The van der Waals surface area contributed by atoms with E-state index in [2.05, 4.69) is 10.6 Å². The number of hydrogen-bond acceptors (Lipinski definition) is 3. The van der Waals surface area contributed by atoms with E-state index in [0.29, 0.717) is 35.5 Å². The van der Waals surface area contributed by atoms with Gasteiger partial charge in [-0.1, -0.05) is 30.3 Å². The van der Waals surface area contributed by atoms with Gasteiger partial charge in [-0.3, -0.25) is 14.4 Å². The summed E-state index contributed by atoms with van der Waals surface area (Å²) in [6, 6.07) is 21.4. The highest BCUT2D eigenvalue weighted by atomic mass is 16.2. The van der Waals surface area contributed by atoms with Crippen LogP contribution in [0.4, 0.5) is 17.1 Å². The molecule has 1 fully saturated rings. The molecule has 1 aliphatic rings. The maximum absolute atomic E-state index is 12.8. The van der Waals surface area contributed by atoms with E-state index >= 15 is 0 Å². The fourth-order valence-electron chi connectivity index (χ4n) is 3.56. The molecule has 3 aromatic rings. The predicted octanol–water partition coefficient (Wildman–Crippen LogP) is 4.63. The second-order valence-electron chi connectivity index (χ2n) is 7.50. The summed E-state index contributed by atoms with van der Waals surface area (Å²) in [6.45, 7) is 2.57. The Balaban J connectivity index is 1.50. The van der Waals surface area contributed by atoms with E-state index in [1.165, 1.54) is 0 Å². The molecular formula is C25H23N3O3. The molecule has 31 heavy (non-hydrogen) atoms. The van der Waals surface area contributed by atoms with Gasteiger partial charge in [0.25, 0.3) is 11.8 Å². The van der Waals surface area contributed by atoms with Crippen LogP contribution in [0.3, 0.4) is 0 Å². The van der Waals surface area contributed by atoms with Gasteiger partial charge < -0.3 is 15.5 Å². The highest BCUT2D eigenvalue weighted by molar-refractivity contribution is 6.08. The third-order valence-corrected chi connectivity index (χ3v) is 5.27. The van der Waals surface area contributed by atoms with Gasteiger partial charge in [-0.05, 0) is 61.4 Å². The van der Waals surface area contributed by atoms with Crippen molar-refractivity contribution >= 4 is 34.8 Å². The number of amides is 3. The minimum absolute atomic E-state index is 0.0980. The van der Waals surface area contributed by atoms with E-state index in [0.717, 1.165) is 17.7 Å². The average Bonchev–Trinajstić information content (AvgIpc) is 3.22. The van der Waals surface area contributed by atoms with E-state index in [-0.39, 0.29) is 17.7 Å². The SMILES string of the molecule is Cc1ccc(C(=O)Nc2cccc(N3CCCC3=O)c2)cc1NC(=O)c1ccccc1. The lowest BCUT2D eigenvalue weighted by molar-refractivity contribution is -0.117. The highest BCUT2D eigenvalue weighted by Crippen LogP contribution is 2.25. The topological polar surface area (TPSA) is 78.5 Å². The van der Waals surface area contributed by atoms with Crippen LogP contribution in [0, 0.1) is 6.92 Å². The summed E-state index contributed by atoms with van der Waals surface area (Å²) in [7, 11) is 0. The van der Waals surface area contributed by atoms with Crippen LogP contribution in [0.1, 0.15) is 39.1 Å². The molecule has 1 aliphatic heterocycles. The Kier molecular flexibility index (Phi) is 5.80. The number of aryl methyl sites for hydroxylation is 1. The molecule has 3 aromatic carbocycles. The van der Waals surface area contributed by atoms with Crippen LogP contribution in [-0.4, -0.2) is 24.3 Å². The number of anilines is 3. The molecule has 1 heterocycles. The quantitative estimate of drug-likeness (QED) is 0.640. The molecule has 6 heteroatoms. The van der Waals surface area contributed by atoms with Crippen LogP contribution < -0.4 is 15.5 Å². The first-order chi connectivity index (χ1) is 15.0. The molecule has 4 rings (SSSR count). The van der Waals surface area contributed by atoms with E-state index < -0.39 is 0 Å². The number of nitrogens with zero attached hydrogens (tertiary/aromatic N) is 1. The van der Waals surface area contributed by atoms with Crippen molar-refractivity contribution in [1.82, 2.24) is 0 Å². The Hall–Kier alpha value is -3.93. The Bertz CT molecular complexity index is 1140. The normalized spacial score (nSPS) is 13.2. The molecule has 0 aliphatic carbocycles. The van der Waals surface area contributed by atoms with Gasteiger partial charge in [0.2, 0.25) is 5.91 Å². The van der Waals surface area contributed by atoms with Crippen LogP contribution in [0.25, 0.3) is 0 Å². The van der Waals surface area contributed by atoms with Crippen LogP contribution in [0.5, 0.6) is 0 Å². The molecule has 3 amide bonds. The fraction of sp³-hybridized carbons (Fsp3) is 0.160. The van der Waals surface area contributed by atoms with Crippen molar-refractivity contribution in [1.29, 1.82) is 0 Å². The second-order valence-corrected chi connectivity index (χ2v) is 7.50. The smallest absolute Gasteiger partial charge is 0.255 e. The van der Waals surface area contributed by atoms with Crippen molar-refractivity contribution < 1.29 is 14.4 Å². The number of carbonyl (C=O) groups excluding carboxylic acids is 3. The number of carbonyl (C=O) groups is 3. The maximum Gasteiger partial charge on any atom is 0.255 e. The van der Waals surface area contributed by atoms with Crippen molar-refractivity contribution in [3.63, 3.8) is 0 Å². The Labute approximate surface area is 180 Å². The Morgan fingerprint density at radius 2 is 1.61 bits per heavy atom. The molecule has 156 valence electrons. The molecule has 2 N–H and O–H groups in total. The standard InChI is InChI=1S/C25H23N3O3/c1-17-12-13-19(15-22(17)27-24(30)18-7-3-2-4-8-18)25(31)26-20-9-5-10-21(16-20)28-14-6-11-23(28)29/h2-5,7-10,12-13,15-16H,6,11,14H2,1H3,(H,26,31)(H,27,30). The molecule has 0 unspecified atom stereocenters. The van der Waals surface area contributed by atoms with Crippen molar-refractivity contribution in [3.8, 4) is 0 Å². The minimum atomic E-state index is -0.292. The fourth-order valence-corrected chi connectivity index (χ4v) is 3.56. The molecule has 0 aromatic heterocycles. The lowest BCUT2D eigenvalue weighted by Crippen LogP contribution is -2.23. The van der Waals surface area contributed by atoms with Gasteiger partial charge in [-0.15, -0.1) is 0 Å². The van der Waals surface area contributed by atoms with Gasteiger partial charge in [0.05, 0.1) is 0 Å².